The van der Waals surface area contributed by atoms with E-state index in [1.807, 2.05) is 0 Å². The maximum Gasteiger partial charge on any atom is 0.297 e. The SMILES string of the molecule is CCC(C)C(N)(N)S(=O)(=O)O. The molecule has 0 spiro atoms. The van der Waals surface area contributed by atoms with Crippen LogP contribution < -0.4 is 11.5 Å². The lowest BCUT2D eigenvalue weighted by Gasteiger charge is -2.26. The smallest absolute Gasteiger partial charge is 0.297 e. The van der Waals surface area contributed by atoms with E-state index in [0.29, 0.717) is 6.42 Å². The van der Waals surface area contributed by atoms with Gasteiger partial charge in [-0.15, -0.1) is 0 Å². The fraction of sp³-hybridized carbons (Fsp3) is 1.00. The van der Waals surface area contributed by atoms with E-state index >= 15 is 0 Å². The number of rotatable bonds is 3. The van der Waals surface area contributed by atoms with E-state index in [2.05, 4.69) is 0 Å². The van der Waals surface area contributed by atoms with E-state index in [9.17, 15) is 8.42 Å². The molecule has 0 rings (SSSR count). The lowest BCUT2D eigenvalue weighted by molar-refractivity contribution is 0.345. The van der Waals surface area contributed by atoms with Gasteiger partial charge in [0.05, 0.1) is 0 Å². The molecule has 0 aliphatic heterocycles. The first-order valence-corrected chi connectivity index (χ1v) is 4.72. The Kier molecular flexibility index (Phi) is 3.01. The van der Waals surface area contributed by atoms with Crippen molar-refractivity contribution >= 4 is 10.1 Å². The van der Waals surface area contributed by atoms with E-state index in [0.717, 1.165) is 0 Å². The van der Waals surface area contributed by atoms with Crippen LogP contribution in [0, 0.1) is 5.92 Å². The van der Waals surface area contributed by atoms with Gasteiger partial charge in [-0.3, -0.25) is 16.0 Å². The fourth-order valence-electron chi connectivity index (χ4n) is 0.573. The molecular formula is C5H14N2O3S. The topological polar surface area (TPSA) is 106 Å². The molecule has 0 heterocycles. The molecule has 1 atom stereocenters. The molecule has 0 radical (unpaired) electrons. The third-order valence-electron chi connectivity index (χ3n) is 1.83. The maximum absolute atomic E-state index is 10.6. The van der Waals surface area contributed by atoms with Gasteiger partial charge in [-0.2, -0.15) is 8.42 Å². The van der Waals surface area contributed by atoms with E-state index in [4.69, 9.17) is 16.0 Å². The number of hydrogen-bond acceptors (Lipinski definition) is 4. The van der Waals surface area contributed by atoms with Gasteiger partial charge in [-0.1, -0.05) is 13.8 Å². The van der Waals surface area contributed by atoms with Crippen molar-refractivity contribution < 1.29 is 13.0 Å². The van der Waals surface area contributed by atoms with Gasteiger partial charge in [0.25, 0.3) is 10.1 Å². The zero-order chi connectivity index (χ0) is 9.28. The van der Waals surface area contributed by atoms with Crippen LogP contribution in [-0.4, -0.2) is 18.0 Å². The summed E-state index contributed by atoms with van der Waals surface area (Å²) in [6, 6.07) is 0. The van der Waals surface area contributed by atoms with Gasteiger partial charge in [-0.05, 0) is 6.42 Å². The number of nitrogens with two attached hydrogens (primary N) is 2. The van der Waals surface area contributed by atoms with Gasteiger partial charge in [0.2, 0.25) is 0 Å². The molecule has 0 amide bonds. The lowest BCUT2D eigenvalue weighted by atomic mass is 10.1. The molecule has 5 N–H and O–H groups in total. The standard InChI is InChI=1S/C5H14N2O3S/c1-3-4(2)5(6,7)11(8,9)10/h4H,3,6-7H2,1-2H3,(H,8,9,10). The number of hydrogen-bond donors (Lipinski definition) is 3. The largest absolute Gasteiger partial charge is 0.298 e. The van der Waals surface area contributed by atoms with Crippen molar-refractivity contribution in [2.75, 3.05) is 0 Å². The van der Waals surface area contributed by atoms with Crippen LogP contribution in [0.25, 0.3) is 0 Å². The predicted octanol–water partition coefficient (Wildman–Crippen LogP) is -0.508. The van der Waals surface area contributed by atoms with Crippen LogP contribution in [0.4, 0.5) is 0 Å². The Labute approximate surface area is 66.5 Å². The van der Waals surface area contributed by atoms with Gasteiger partial charge >= 0.3 is 0 Å². The summed E-state index contributed by atoms with van der Waals surface area (Å²) in [5.41, 5.74) is 10.4. The Morgan fingerprint density at radius 3 is 2.00 bits per heavy atom. The molecule has 6 heteroatoms. The first kappa shape index (κ1) is 10.8. The molecule has 0 aromatic heterocycles. The minimum atomic E-state index is -4.36. The Morgan fingerprint density at radius 2 is 1.91 bits per heavy atom. The average molecular weight is 182 g/mol. The maximum atomic E-state index is 10.6. The Morgan fingerprint density at radius 1 is 1.55 bits per heavy atom. The quantitative estimate of drug-likeness (QED) is 0.402. The van der Waals surface area contributed by atoms with Gasteiger partial charge < -0.3 is 0 Å². The van der Waals surface area contributed by atoms with Crippen LogP contribution in [0.2, 0.25) is 0 Å². The summed E-state index contributed by atoms with van der Waals surface area (Å²) in [5.74, 6) is -0.475. The molecule has 0 fully saturated rings. The van der Waals surface area contributed by atoms with Crippen molar-refractivity contribution in [2.45, 2.75) is 25.3 Å². The summed E-state index contributed by atoms with van der Waals surface area (Å²) in [5, 5.41) is 0. The molecule has 5 nitrogen and oxygen atoms in total. The van der Waals surface area contributed by atoms with Crippen molar-refractivity contribution in [3.05, 3.63) is 0 Å². The summed E-state index contributed by atoms with van der Waals surface area (Å²) < 4.78 is 29.7. The molecule has 0 aliphatic rings. The zero-order valence-electron chi connectivity index (χ0n) is 6.61. The highest BCUT2D eigenvalue weighted by Gasteiger charge is 2.39. The summed E-state index contributed by atoms with van der Waals surface area (Å²) in [6.07, 6.45) is 0.493. The van der Waals surface area contributed by atoms with Gasteiger partial charge in [0.15, 0.2) is 4.99 Å². The van der Waals surface area contributed by atoms with Gasteiger partial charge in [0.1, 0.15) is 0 Å². The highest BCUT2D eigenvalue weighted by molar-refractivity contribution is 7.87. The van der Waals surface area contributed by atoms with Gasteiger partial charge in [0, 0.05) is 5.92 Å². The van der Waals surface area contributed by atoms with Crippen LogP contribution >= 0.6 is 0 Å². The van der Waals surface area contributed by atoms with Crippen LogP contribution in [0.3, 0.4) is 0 Å². The Hall–Kier alpha value is -0.170. The predicted molar refractivity (Wildman–Crippen MR) is 42.1 cm³/mol. The third-order valence-corrected chi connectivity index (χ3v) is 3.13. The normalized spacial score (nSPS) is 16.5. The van der Waals surface area contributed by atoms with E-state index in [1.165, 1.54) is 0 Å². The second-order valence-corrected chi connectivity index (χ2v) is 4.30. The Balaban J connectivity index is 4.74. The molecule has 68 valence electrons. The third kappa shape index (κ3) is 2.13. The van der Waals surface area contributed by atoms with E-state index < -0.39 is 21.0 Å². The van der Waals surface area contributed by atoms with Crippen LogP contribution in [-0.2, 0) is 10.1 Å². The molecule has 0 bridgehead atoms. The van der Waals surface area contributed by atoms with Gasteiger partial charge in [-0.25, -0.2) is 0 Å². The minimum Gasteiger partial charge on any atom is -0.298 e. The van der Waals surface area contributed by atoms with E-state index in [1.54, 1.807) is 13.8 Å². The molecule has 11 heavy (non-hydrogen) atoms. The second-order valence-electron chi connectivity index (χ2n) is 2.64. The van der Waals surface area contributed by atoms with Crippen LogP contribution in [0.5, 0.6) is 0 Å². The summed E-state index contributed by atoms with van der Waals surface area (Å²) >= 11 is 0. The van der Waals surface area contributed by atoms with Crippen molar-refractivity contribution in [2.24, 2.45) is 17.4 Å². The van der Waals surface area contributed by atoms with Crippen LogP contribution in [0.15, 0.2) is 0 Å². The lowest BCUT2D eigenvalue weighted by Crippen LogP contribution is -2.60. The fourth-order valence-corrected chi connectivity index (χ4v) is 1.25. The molecule has 1 unspecified atom stereocenters. The van der Waals surface area contributed by atoms with Crippen molar-refractivity contribution in [3.8, 4) is 0 Å². The van der Waals surface area contributed by atoms with Crippen LogP contribution in [0.1, 0.15) is 20.3 Å². The van der Waals surface area contributed by atoms with Crippen molar-refractivity contribution in [3.63, 3.8) is 0 Å². The van der Waals surface area contributed by atoms with Crippen molar-refractivity contribution in [1.29, 1.82) is 0 Å². The molecule has 0 saturated carbocycles. The van der Waals surface area contributed by atoms with E-state index in [-0.39, 0.29) is 0 Å². The highest BCUT2D eigenvalue weighted by Crippen LogP contribution is 2.16. The molecule has 0 saturated heterocycles. The molecule has 0 aliphatic carbocycles. The second kappa shape index (κ2) is 3.06. The molecule has 0 aromatic rings. The average Bonchev–Trinajstić information content (AvgIpc) is 1.83. The summed E-state index contributed by atoms with van der Waals surface area (Å²) in [6.45, 7) is 3.30. The minimum absolute atomic E-state index is 0.475. The first-order valence-electron chi connectivity index (χ1n) is 3.28. The molecule has 0 aromatic carbocycles. The zero-order valence-corrected chi connectivity index (χ0v) is 7.43. The van der Waals surface area contributed by atoms with Crippen molar-refractivity contribution in [1.82, 2.24) is 0 Å². The summed E-state index contributed by atoms with van der Waals surface area (Å²) in [7, 11) is -4.36. The highest BCUT2D eigenvalue weighted by atomic mass is 32.2. The molecular weight excluding hydrogens is 168 g/mol. The monoisotopic (exact) mass is 182 g/mol. The Bertz CT molecular complexity index is 222. The summed E-state index contributed by atoms with van der Waals surface area (Å²) in [4.78, 5) is -2.03. The first-order chi connectivity index (χ1) is 4.73.